The van der Waals surface area contributed by atoms with Crippen molar-refractivity contribution in [1.82, 2.24) is 10.9 Å². The third-order valence-electron chi connectivity index (χ3n) is 3.85. The third-order valence-corrected chi connectivity index (χ3v) is 3.85. The number of nitrogens with zero attached hydrogens (tertiary/aromatic N) is 2. The second kappa shape index (κ2) is 9.86. The van der Waals surface area contributed by atoms with Gasteiger partial charge in [0, 0.05) is 12.8 Å². The van der Waals surface area contributed by atoms with Crippen LogP contribution in [0.15, 0.2) is 58.7 Å². The van der Waals surface area contributed by atoms with Crippen molar-refractivity contribution in [2.24, 2.45) is 10.2 Å². The van der Waals surface area contributed by atoms with Crippen molar-refractivity contribution in [3.05, 3.63) is 59.7 Å². The van der Waals surface area contributed by atoms with Crippen molar-refractivity contribution >= 4 is 23.2 Å². The van der Waals surface area contributed by atoms with E-state index in [4.69, 9.17) is 0 Å². The van der Waals surface area contributed by atoms with E-state index in [-0.39, 0.29) is 24.3 Å². The van der Waals surface area contributed by atoms with Crippen molar-refractivity contribution in [3.63, 3.8) is 0 Å². The first-order chi connectivity index (χ1) is 13.3. The number of rotatable bonds is 7. The standard InChI is InChI=1S/C20H22N4O4/c1-13(15-3-7-17(25)8-4-15)21-23-19(27)11-12-20(28)24-22-14(2)16-5-9-18(26)10-6-16/h3-10,25-26H,11-12H2,1-2H3,(H,23,27)(H,24,28)/b21-13-,22-14-. The number of hydrazone groups is 2. The van der Waals surface area contributed by atoms with E-state index in [0.29, 0.717) is 11.4 Å². The van der Waals surface area contributed by atoms with Gasteiger partial charge in [-0.15, -0.1) is 0 Å². The van der Waals surface area contributed by atoms with Crippen LogP contribution < -0.4 is 10.9 Å². The van der Waals surface area contributed by atoms with Crippen LogP contribution in [-0.2, 0) is 9.59 Å². The Morgan fingerprint density at radius 2 is 1.04 bits per heavy atom. The minimum absolute atomic E-state index is 0.0357. The molecular formula is C20H22N4O4. The van der Waals surface area contributed by atoms with E-state index in [2.05, 4.69) is 21.1 Å². The molecule has 0 fully saturated rings. The Labute approximate surface area is 162 Å². The number of hydrogen-bond donors (Lipinski definition) is 4. The number of phenols is 2. The van der Waals surface area contributed by atoms with Crippen molar-refractivity contribution < 1.29 is 19.8 Å². The molecule has 4 N–H and O–H groups in total. The summed E-state index contributed by atoms with van der Waals surface area (Å²) in [6, 6.07) is 12.8. The zero-order valence-electron chi connectivity index (χ0n) is 15.6. The lowest BCUT2D eigenvalue weighted by atomic mass is 10.1. The highest BCUT2D eigenvalue weighted by molar-refractivity contribution is 6.00. The SMILES string of the molecule is C/C(=N/NC(=O)CCC(=O)N/N=C(/C)c1ccc(O)cc1)c1ccc(O)cc1. The number of nitrogens with one attached hydrogen (secondary N) is 2. The molecule has 0 aliphatic heterocycles. The molecule has 8 nitrogen and oxygen atoms in total. The molecule has 0 aromatic heterocycles. The predicted molar refractivity (Wildman–Crippen MR) is 106 cm³/mol. The van der Waals surface area contributed by atoms with Gasteiger partial charge in [-0.1, -0.05) is 0 Å². The van der Waals surface area contributed by atoms with Gasteiger partial charge in [-0.05, 0) is 73.5 Å². The molecule has 0 unspecified atom stereocenters. The summed E-state index contributed by atoms with van der Waals surface area (Å²) in [6.45, 7) is 3.44. The molecule has 146 valence electrons. The highest BCUT2D eigenvalue weighted by Crippen LogP contribution is 2.11. The van der Waals surface area contributed by atoms with Gasteiger partial charge in [0.2, 0.25) is 11.8 Å². The Morgan fingerprint density at radius 1 is 0.714 bits per heavy atom. The van der Waals surface area contributed by atoms with Crippen molar-refractivity contribution in [3.8, 4) is 11.5 Å². The molecule has 2 amide bonds. The summed E-state index contributed by atoms with van der Waals surface area (Å²) in [5, 5.41) is 26.5. The average Bonchev–Trinajstić information content (AvgIpc) is 2.69. The summed E-state index contributed by atoms with van der Waals surface area (Å²) < 4.78 is 0. The van der Waals surface area contributed by atoms with Gasteiger partial charge in [0.15, 0.2) is 0 Å². The van der Waals surface area contributed by atoms with Gasteiger partial charge in [0.1, 0.15) is 11.5 Å². The molecule has 0 bridgehead atoms. The molecule has 0 atom stereocenters. The van der Waals surface area contributed by atoms with Crippen molar-refractivity contribution in [2.75, 3.05) is 0 Å². The van der Waals surface area contributed by atoms with Crippen LogP contribution in [-0.4, -0.2) is 33.5 Å². The lowest BCUT2D eigenvalue weighted by Crippen LogP contribution is -2.24. The summed E-state index contributed by atoms with van der Waals surface area (Å²) in [7, 11) is 0. The minimum atomic E-state index is -0.396. The second-order valence-electron chi connectivity index (χ2n) is 6.06. The van der Waals surface area contributed by atoms with E-state index in [0.717, 1.165) is 11.1 Å². The van der Waals surface area contributed by atoms with Crippen LogP contribution >= 0.6 is 0 Å². The fourth-order valence-electron chi connectivity index (χ4n) is 2.17. The van der Waals surface area contributed by atoms with Crippen LogP contribution in [0.1, 0.15) is 37.8 Å². The monoisotopic (exact) mass is 382 g/mol. The van der Waals surface area contributed by atoms with Gasteiger partial charge < -0.3 is 10.2 Å². The summed E-state index contributed by atoms with van der Waals surface area (Å²) in [4.78, 5) is 23.7. The Kier molecular flexibility index (Phi) is 7.27. The Morgan fingerprint density at radius 3 is 1.36 bits per heavy atom. The molecule has 0 aliphatic rings. The molecule has 2 aromatic rings. The number of phenolic OH excluding ortho intramolecular Hbond substituents is 2. The maximum Gasteiger partial charge on any atom is 0.240 e. The normalized spacial score (nSPS) is 11.8. The lowest BCUT2D eigenvalue weighted by molar-refractivity contribution is -0.126. The number of benzene rings is 2. The molecule has 0 heterocycles. The topological polar surface area (TPSA) is 123 Å². The summed E-state index contributed by atoms with van der Waals surface area (Å²) in [5.74, 6) is -0.496. The first-order valence-corrected chi connectivity index (χ1v) is 8.60. The van der Waals surface area contributed by atoms with Crippen LogP contribution in [0, 0.1) is 0 Å². The molecule has 0 spiro atoms. The van der Waals surface area contributed by atoms with Crippen molar-refractivity contribution in [1.29, 1.82) is 0 Å². The fraction of sp³-hybridized carbons (Fsp3) is 0.200. The zero-order chi connectivity index (χ0) is 20.5. The minimum Gasteiger partial charge on any atom is -0.508 e. The van der Waals surface area contributed by atoms with E-state index in [1.54, 1.807) is 38.1 Å². The van der Waals surface area contributed by atoms with Gasteiger partial charge >= 0.3 is 0 Å². The molecule has 0 aliphatic carbocycles. The largest absolute Gasteiger partial charge is 0.508 e. The van der Waals surface area contributed by atoms with Gasteiger partial charge in [-0.2, -0.15) is 10.2 Å². The number of carbonyl (C=O) groups is 2. The number of carbonyl (C=O) groups excluding carboxylic acids is 2. The summed E-state index contributed by atoms with van der Waals surface area (Å²) in [6.07, 6.45) is -0.0715. The molecule has 28 heavy (non-hydrogen) atoms. The first-order valence-electron chi connectivity index (χ1n) is 8.60. The van der Waals surface area contributed by atoms with Crippen molar-refractivity contribution in [2.45, 2.75) is 26.7 Å². The van der Waals surface area contributed by atoms with E-state index < -0.39 is 11.8 Å². The zero-order valence-corrected chi connectivity index (χ0v) is 15.6. The molecule has 2 aromatic carbocycles. The molecule has 0 saturated carbocycles. The maximum absolute atomic E-state index is 11.8. The number of aromatic hydroxyl groups is 2. The molecule has 0 saturated heterocycles. The van der Waals surface area contributed by atoms with Crippen LogP contribution in [0.5, 0.6) is 11.5 Å². The molecule has 0 radical (unpaired) electrons. The van der Waals surface area contributed by atoms with Gasteiger partial charge in [0.25, 0.3) is 0 Å². The maximum atomic E-state index is 11.8. The summed E-state index contributed by atoms with van der Waals surface area (Å²) in [5.41, 5.74) is 7.46. The highest BCUT2D eigenvalue weighted by Gasteiger charge is 2.07. The highest BCUT2D eigenvalue weighted by atomic mass is 16.3. The fourth-order valence-corrected chi connectivity index (χ4v) is 2.17. The van der Waals surface area contributed by atoms with Crippen LogP contribution in [0.4, 0.5) is 0 Å². The third kappa shape index (κ3) is 6.56. The van der Waals surface area contributed by atoms with Gasteiger partial charge in [-0.25, -0.2) is 10.9 Å². The van der Waals surface area contributed by atoms with Crippen LogP contribution in [0.2, 0.25) is 0 Å². The predicted octanol–water partition coefficient (Wildman–Crippen LogP) is 2.26. The van der Waals surface area contributed by atoms with E-state index in [1.807, 2.05) is 0 Å². The lowest BCUT2D eigenvalue weighted by Gasteiger charge is -2.04. The Hall–Kier alpha value is -3.68. The van der Waals surface area contributed by atoms with Crippen LogP contribution in [0.25, 0.3) is 0 Å². The smallest absolute Gasteiger partial charge is 0.240 e. The summed E-state index contributed by atoms with van der Waals surface area (Å²) >= 11 is 0. The molecular weight excluding hydrogens is 360 g/mol. The first kappa shape index (κ1) is 20.6. The van der Waals surface area contributed by atoms with Gasteiger partial charge in [0.05, 0.1) is 11.4 Å². The molecule has 8 heteroatoms. The van der Waals surface area contributed by atoms with Crippen LogP contribution in [0.3, 0.4) is 0 Å². The second-order valence-corrected chi connectivity index (χ2v) is 6.06. The molecule has 2 rings (SSSR count). The van der Waals surface area contributed by atoms with E-state index in [9.17, 15) is 19.8 Å². The Bertz CT molecular complexity index is 812. The Balaban J connectivity index is 1.78. The van der Waals surface area contributed by atoms with E-state index >= 15 is 0 Å². The number of amides is 2. The average molecular weight is 382 g/mol. The van der Waals surface area contributed by atoms with E-state index in [1.165, 1.54) is 24.3 Å². The number of hydrogen-bond acceptors (Lipinski definition) is 6. The quantitative estimate of drug-likeness (QED) is 0.433. The van der Waals surface area contributed by atoms with Gasteiger partial charge in [-0.3, -0.25) is 9.59 Å².